The first-order valence-corrected chi connectivity index (χ1v) is 4.58. The van der Waals surface area contributed by atoms with Gasteiger partial charge in [0.15, 0.2) is 0 Å². The van der Waals surface area contributed by atoms with Crippen LogP contribution in [0.2, 0.25) is 0 Å². The van der Waals surface area contributed by atoms with E-state index in [1.165, 1.54) is 0 Å². The molecule has 3 N–H and O–H groups in total. The number of aliphatic hydroxyl groups excluding tert-OH is 1. The topological polar surface area (TPSA) is 46.2 Å². The molecule has 0 amide bonds. The third kappa shape index (κ3) is 2.56. The van der Waals surface area contributed by atoms with E-state index in [-0.39, 0.29) is 0 Å². The van der Waals surface area contributed by atoms with Gasteiger partial charge < -0.3 is 10.8 Å². The van der Waals surface area contributed by atoms with Gasteiger partial charge >= 0.3 is 0 Å². The summed E-state index contributed by atoms with van der Waals surface area (Å²) in [5, 5.41) is 9.01. The van der Waals surface area contributed by atoms with Crippen LogP contribution >= 0.6 is 31.9 Å². The summed E-state index contributed by atoms with van der Waals surface area (Å²) in [6, 6.07) is 5.43. The van der Waals surface area contributed by atoms with E-state index in [1.807, 2.05) is 6.07 Å². The minimum absolute atomic E-state index is 0.686. The molecule has 0 spiro atoms. The predicted molar refractivity (Wildman–Crippen MR) is 51.0 cm³/mol. The van der Waals surface area contributed by atoms with Crippen molar-refractivity contribution in [1.29, 1.82) is 0 Å². The third-order valence-electron chi connectivity index (χ3n) is 1.23. The summed E-state index contributed by atoms with van der Waals surface area (Å²) in [5.74, 6) is 0. The average molecular weight is 281 g/mol. The Morgan fingerprint density at radius 3 is 2.00 bits per heavy atom. The third-order valence-corrected chi connectivity index (χ3v) is 2.14. The largest absolute Gasteiger partial charge is 0.375 e. The van der Waals surface area contributed by atoms with Crippen molar-refractivity contribution < 1.29 is 5.11 Å². The highest BCUT2D eigenvalue weighted by atomic mass is 79.9. The Balaban J connectivity index is 3.08. The van der Waals surface area contributed by atoms with Crippen LogP contribution in [0.1, 0.15) is 11.8 Å². The number of hydrogen-bond donors (Lipinski definition) is 2. The van der Waals surface area contributed by atoms with Crippen LogP contribution in [0.25, 0.3) is 0 Å². The lowest BCUT2D eigenvalue weighted by molar-refractivity contribution is 0.186. The Kier molecular flexibility index (Phi) is 3.06. The quantitative estimate of drug-likeness (QED) is 0.775. The van der Waals surface area contributed by atoms with Crippen LogP contribution in [0.5, 0.6) is 0 Å². The highest BCUT2D eigenvalue weighted by Gasteiger charge is 2.02. The summed E-state index contributed by atoms with van der Waals surface area (Å²) in [5.41, 5.74) is 5.95. The molecule has 60 valence electrons. The number of nitrogens with two attached hydrogens (primary N) is 1. The molecule has 2 nitrogen and oxygen atoms in total. The molecule has 1 unspecified atom stereocenters. The molecule has 0 saturated heterocycles. The van der Waals surface area contributed by atoms with Crippen molar-refractivity contribution in [2.45, 2.75) is 6.23 Å². The van der Waals surface area contributed by atoms with Crippen molar-refractivity contribution in [3.05, 3.63) is 32.7 Å². The number of halogens is 2. The van der Waals surface area contributed by atoms with Crippen molar-refractivity contribution in [3.8, 4) is 0 Å². The van der Waals surface area contributed by atoms with Gasteiger partial charge in [0.2, 0.25) is 0 Å². The summed E-state index contributed by atoms with van der Waals surface area (Å²) in [6.07, 6.45) is -0.913. The minimum atomic E-state index is -0.913. The molecular formula is C7H7Br2NO. The minimum Gasteiger partial charge on any atom is -0.375 e. The Hall–Kier alpha value is 0.1000. The van der Waals surface area contributed by atoms with Gasteiger partial charge in [-0.3, -0.25) is 0 Å². The van der Waals surface area contributed by atoms with E-state index in [1.54, 1.807) is 12.1 Å². The van der Waals surface area contributed by atoms with E-state index in [0.717, 1.165) is 8.95 Å². The smallest absolute Gasteiger partial charge is 0.128 e. The van der Waals surface area contributed by atoms with Gasteiger partial charge in [-0.2, -0.15) is 0 Å². The fourth-order valence-corrected chi connectivity index (χ4v) is 2.08. The highest BCUT2D eigenvalue weighted by Crippen LogP contribution is 2.22. The zero-order chi connectivity index (χ0) is 8.43. The maximum absolute atomic E-state index is 9.01. The second-order valence-corrected chi connectivity index (χ2v) is 3.98. The molecule has 1 aromatic rings. The lowest BCUT2D eigenvalue weighted by atomic mass is 10.2. The van der Waals surface area contributed by atoms with Gasteiger partial charge in [-0.1, -0.05) is 31.9 Å². The normalized spacial score (nSPS) is 13.1. The monoisotopic (exact) mass is 279 g/mol. The lowest BCUT2D eigenvalue weighted by Gasteiger charge is -2.05. The highest BCUT2D eigenvalue weighted by molar-refractivity contribution is 9.11. The first-order valence-electron chi connectivity index (χ1n) is 2.99. The Bertz CT molecular complexity index is 242. The molecular weight excluding hydrogens is 274 g/mol. The molecule has 0 aliphatic heterocycles. The summed E-state index contributed by atoms with van der Waals surface area (Å²) in [7, 11) is 0. The fourth-order valence-electron chi connectivity index (χ4n) is 0.746. The number of hydrogen-bond acceptors (Lipinski definition) is 2. The zero-order valence-corrected chi connectivity index (χ0v) is 8.76. The fraction of sp³-hybridized carbons (Fsp3) is 0.143. The molecule has 11 heavy (non-hydrogen) atoms. The van der Waals surface area contributed by atoms with Crippen molar-refractivity contribution in [2.24, 2.45) is 5.73 Å². The molecule has 4 heteroatoms. The van der Waals surface area contributed by atoms with Gasteiger partial charge in [-0.25, -0.2) is 0 Å². The molecule has 0 aliphatic rings. The van der Waals surface area contributed by atoms with Crippen LogP contribution in [0.15, 0.2) is 27.1 Å². The van der Waals surface area contributed by atoms with Gasteiger partial charge in [-0.15, -0.1) is 0 Å². The first-order chi connectivity index (χ1) is 5.09. The van der Waals surface area contributed by atoms with Crippen molar-refractivity contribution in [2.75, 3.05) is 0 Å². The molecule has 0 fully saturated rings. The van der Waals surface area contributed by atoms with E-state index >= 15 is 0 Å². The van der Waals surface area contributed by atoms with Gasteiger partial charge in [0.05, 0.1) is 0 Å². The molecule has 1 aromatic carbocycles. The van der Waals surface area contributed by atoms with Gasteiger partial charge in [0, 0.05) is 8.95 Å². The molecule has 0 saturated carbocycles. The van der Waals surface area contributed by atoms with E-state index in [0.29, 0.717) is 5.56 Å². The predicted octanol–water partition coefficient (Wildman–Crippen LogP) is 2.16. The lowest BCUT2D eigenvalue weighted by Crippen LogP contribution is -2.08. The maximum Gasteiger partial charge on any atom is 0.128 e. The van der Waals surface area contributed by atoms with Crippen LogP contribution in [0.3, 0.4) is 0 Å². The average Bonchev–Trinajstić information content (AvgIpc) is 1.85. The van der Waals surface area contributed by atoms with E-state index < -0.39 is 6.23 Å². The van der Waals surface area contributed by atoms with Crippen LogP contribution in [-0.4, -0.2) is 5.11 Å². The summed E-state index contributed by atoms with van der Waals surface area (Å²) in [4.78, 5) is 0. The number of rotatable bonds is 1. The number of benzene rings is 1. The molecule has 0 aromatic heterocycles. The zero-order valence-electron chi connectivity index (χ0n) is 5.59. The molecule has 0 bridgehead atoms. The van der Waals surface area contributed by atoms with Crippen molar-refractivity contribution in [1.82, 2.24) is 0 Å². The second kappa shape index (κ2) is 3.67. The molecule has 0 aliphatic carbocycles. The van der Waals surface area contributed by atoms with Crippen LogP contribution in [-0.2, 0) is 0 Å². The SMILES string of the molecule is NC(O)c1cc(Br)cc(Br)c1. The molecule has 1 atom stereocenters. The maximum atomic E-state index is 9.01. The van der Waals surface area contributed by atoms with Gasteiger partial charge in [0.25, 0.3) is 0 Å². The van der Waals surface area contributed by atoms with E-state index in [4.69, 9.17) is 10.8 Å². The van der Waals surface area contributed by atoms with E-state index in [9.17, 15) is 0 Å². The summed E-state index contributed by atoms with van der Waals surface area (Å²) < 4.78 is 1.79. The standard InChI is InChI=1S/C7H7Br2NO/c8-5-1-4(7(10)11)2-6(9)3-5/h1-3,7,11H,10H2. The van der Waals surface area contributed by atoms with E-state index in [2.05, 4.69) is 31.9 Å². The second-order valence-electron chi connectivity index (χ2n) is 2.15. The van der Waals surface area contributed by atoms with Crippen LogP contribution in [0, 0.1) is 0 Å². The van der Waals surface area contributed by atoms with Crippen molar-refractivity contribution in [3.63, 3.8) is 0 Å². The van der Waals surface area contributed by atoms with Crippen LogP contribution in [0.4, 0.5) is 0 Å². The Morgan fingerprint density at radius 2 is 1.64 bits per heavy atom. The van der Waals surface area contributed by atoms with Gasteiger partial charge in [-0.05, 0) is 23.8 Å². The summed E-state index contributed by atoms with van der Waals surface area (Å²) >= 11 is 6.57. The molecule has 0 radical (unpaired) electrons. The number of aliphatic hydroxyl groups is 1. The Labute approximate surface area is 81.7 Å². The molecule has 1 rings (SSSR count). The van der Waals surface area contributed by atoms with Crippen LogP contribution < -0.4 is 5.73 Å². The Morgan fingerprint density at radius 1 is 1.18 bits per heavy atom. The van der Waals surface area contributed by atoms with Crippen molar-refractivity contribution >= 4 is 31.9 Å². The van der Waals surface area contributed by atoms with Gasteiger partial charge in [0.1, 0.15) is 6.23 Å². The molecule has 0 heterocycles. The first kappa shape index (κ1) is 9.19. The summed E-state index contributed by atoms with van der Waals surface area (Å²) in [6.45, 7) is 0.